The summed E-state index contributed by atoms with van der Waals surface area (Å²) < 4.78 is 5.18. The van der Waals surface area contributed by atoms with Crippen LogP contribution in [0, 0.1) is 6.92 Å². The molecule has 1 aliphatic rings. The van der Waals surface area contributed by atoms with E-state index in [1.54, 1.807) is 6.07 Å². The number of aliphatic hydroxyl groups is 2. The van der Waals surface area contributed by atoms with Crippen molar-refractivity contribution in [1.29, 1.82) is 0 Å². The van der Waals surface area contributed by atoms with E-state index in [2.05, 4.69) is 0 Å². The van der Waals surface area contributed by atoms with Gasteiger partial charge in [0.05, 0.1) is 32.4 Å². The van der Waals surface area contributed by atoms with Crippen LogP contribution >= 0.6 is 0 Å². The molecule has 0 spiro atoms. The normalized spacial score (nSPS) is 17.2. The Balaban J connectivity index is 2.21. The lowest BCUT2D eigenvalue weighted by atomic mass is 9.93. The fourth-order valence-corrected chi connectivity index (χ4v) is 2.15. The number of methoxy groups -OCH3 is 1. The highest BCUT2D eigenvalue weighted by atomic mass is 16.5. The SMILES string of the molecule is COc1cccc(C)c1C(=O)N1CC(O)(CO)C1. The van der Waals surface area contributed by atoms with Gasteiger partial charge in [0.2, 0.25) is 0 Å². The minimum Gasteiger partial charge on any atom is -0.496 e. The summed E-state index contributed by atoms with van der Waals surface area (Å²) in [5, 5.41) is 18.7. The summed E-state index contributed by atoms with van der Waals surface area (Å²) in [7, 11) is 1.52. The van der Waals surface area contributed by atoms with Gasteiger partial charge < -0.3 is 19.8 Å². The molecule has 0 aromatic heterocycles. The molecule has 1 aromatic carbocycles. The number of aliphatic hydroxyl groups excluding tert-OH is 1. The summed E-state index contributed by atoms with van der Waals surface area (Å²) in [5.41, 5.74) is 0.199. The van der Waals surface area contributed by atoms with Gasteiger partial charge in [-0.2, -0.15) is 0 Å². The fraction of sp³-hybridized carbons (Fsp3) is 0.462. The van der Waals surface area contributed by atoms with Crippen molar-refractivity contribution in [2.75, 3.05) is 26.8 Å². The molecule has 1 aromatic rings. The molecule has 0 atom stereocenters. The molecular weight excluding hydrogens is 234 g/mol. The Hall–Kier alpha value is -1.59. The molecule has 0 aliphatic carbocycles. The van der Waals surface area contributed by atoms with Gasteiger partial charge >= 0.3 is 0 Å². The molecule has 1 heterocycles. The first-order valence-electron chi connectivity index (χ1n) is 5.77. The topological polar surface area (TPSA) is 70.0 Å². The molecule has 2 N–H and O–H groups in total. The van der Waals surface area contributed by atoms with Crippen LogP contribution in [0.3, 0.4) is 0 Å². The molecule has 0 radical (unpaired) electrons. The molecular formula is C13H17NO4. The van der Waals surface area contributed by atoms with Crippen LogP contribution in [-0.2, 0) is 0 Å². The molecule has 0 bridgehead atoms. The number of ether oxygens (including phenoxy) is 1. The van der Waals surface area contributed by atoms with E-state index in [1.165, 1.54) is 12.0 Å². The Labute approximate surface area is 106 Å². The zero-order chi connectivity index (χ0) is 13.3. The number of hydrogen-bond acceptors (Lipinski definition) is 4. The first-order valence-corrected chi connectivity index (χ1v) is 5.77. The molecule has 2 rings (SSSR count). The first-order chi connectivity index (χ1) is 8.50. The maximum atomic E-state index is 12.3. The van der Waals surface area contributed by atoms with Crippen molar-refractivity contribution in [1.82, 2.24) is 4.90 Å². The van der Waals surface area contributed by atoms with E-state index >= 15 is 0 Å². The standard InChI is InChI=1S/C13H17NO4/c1-9-4-3-5-10(18-2)11(9)12(16)14-6-13(17,7-14)8-15/h3-5,15,17H,6-8H2,1-2H3. The molecule has 0 saturated carbocycles. The Morgan fingerprint density at radius 1 is 1.50 bits per heavy atom. The average molecular weight is 251 g/mol. The molecule has 1 amide bonds. The van der Waals surface area contributed by atoms with Crippen LogP contribution in [0.4, 0.5) is 0 Å². The number of carbonyl (C=O) groups excluding carboxylic acids is 1. The summed E-state index contributed by atoms with van der Waals surface area (Å²) in [6.45, 7) is 1.81. The number of amides is 1. The smallest absolute Gasteiger partial charge is 0.258 e. The van der Waals surface area contributed by atoms with Crippen molar-refractivity contribution in [3.63, 3.8) is 0 Å². The van der Waals surface area contributed by atoms with Gasteiger partial charge in [0.15, 0.2) is 0 Å². The van der Waals surface area contributed by atoms with Crippen molar-refractivity contribution in [2.45, 2.75) is 12.5 Å². The second-order valence-corrected chi connectivity index (χ2v) is 4.70. The maximum Gasteiger partial charge on any atom is 0.258 e. The molecule has 1 aliphatic heterocycles. The number of hydrogen-bond donors (Lipinski definition) is 2. The number of nitrogens with zero attached hydrogens (tertiary/aromatic N) is 1. The lowest BCUT2D eigenvalue weighted by Gasteiger charge is -2.45. The Morgan fingerprint density at radius 2 is 2.17 bits per heavy atom. The van der Waals surface area contributed by atoms with Crippen molar-refractivity contribution < 1.29 is 19.7 Å². The molecule has 1 saturated heterocycles. The quantitative estimate of drug-likeness (QED) is 0.804. The first kappa shape index (κ1) is 12.9. The van der Waals surface area contributed by atoms with Gasteiger partial charge in [-0.3, -0.25) is 4.79 Å². The summed E-state index contributed by atoms with van der Waals surface area (Å²) in [6, 6.07) is 5.40. The van der Waals surface area contributed by atoms with E-state index in [0.717, 1.165) is 5.56 Å². The molecule has 98 valence electrons. The second kappa shape index (κ2) is 4.59. The molecule has 18 heavy (non-hydrogen) atoms. The Kier molecular flexibility index (Phi) is 3.28. The third-order valence-corrected chi connectivity index (χ3v) is 3.22. The van der Waals surface area contributed by atoms with E-state index in [1.807, 2.05) is 19.1 Å². The van der Waals surface area contributed by atoms with Gasteiger partial charge in [0.1, 0.15) is 11.4 Å². The van der Waals surface area contributed by atoms with Gasteiger partial charge in [-0.1, -0.05) is 12.1 Å². The van der Waals surface area contributed by atoms with Crippen LogP contribution in [-0.4, -0.2) is 53.4 Å². The van der Waals surface area contributed by atoms with Crippen LogP contribution < -0.4 is 4.74 Å². The van der Waals surface area contributed by atoms with Gasteiger partial charge in [0, 0.05) is 0 Å². The number of aryl methyl sites for hydroxylation is 1. The van der Waals surface area contributed by atoms with Gasteiger partial charge in [-0.05, 0) is 18.6 Å². The Morgan fingerprint density at radius 3 is 2.72 bits per heavy atom. The van der Waals surface area contributed by atoms with E-state index < -0.39 is 5.60 Å². The molecule has 1 fully saturated rings. The summed E-state index contributed by atoms with van der Waals surface area (Å²) in [4.78, 5) is 13.8. The van der Waals surface area contributed by atoms with Crippen LogP contribution in [0.1, 0.15) is 15.9 Å². The highest BCUT2D eigenvalue weighted by molar-refractivity contribution is 5.99. The average Bonchev–Trinajstić information content (AvgIpc) is 2.33. The molecule has 0 unspecified atom stereocenters. The van der Waals surface area contributed by atoms with Crippen LogP contribution in [0.2, 0.25) is 0 Å². The second-order valence-electron chi connectivity index (χ2n) is 4.70. The minimum absolute atomic E-state index is 0.153. The third-order valence-electron chi connectivity index (χ3n) is 3.22. The number of rotatable bonds is 3. The van der Waals surface area contributed by atoms with Gasteiger partial charge in [-0.15, -0.1) is 0 Å². The lowest BCUT2D eigenvalue weighted by Crippen LogP contribution is -2.65. The van der Waals surface area contributed by atoms with E-state index in [9.17, 15) is 9.90 Å². The monoisotopic (exact) mass is 251 g/mol. The van der Waals surface area contributed by atoms with E-state index in [4.69, 9.17) is 9.84 Å². The highest BCUT2D eigenvalue weighted by Gasteiger charge is 2.44. The zero-order valence-electron chi connectivity index (χ0n) is 10.5. The van der Waals surface area contributed by atoms with Crippen molar-refractivity contribution >= 4 is 5.91 Å². The summed E-state index contributed by atoms with van der Waals surface area (Å²) in [5.74, 6) is 0.350. The Bertz CT molecular complexity index is 466. The van der Waals surface area contributed by atoms with Crippen molar-refractivity contribution in [2.24, 2.45) is 0 Å². The van der Waals surface area contributed by atoms with Gasteiger partial charge in [-0.25, -0.2) is 0 Å². The highest BCUT2D eigenvalue weighted by Crippen LogP contribution is 2.28. The molecule has 5 nitrogen and oxygen atoms in total. The van der Waals surface area contributed by atoms with Crippen LogP contribution in [0.15, 0.2) is 18.2 Å². The van der Waals surface area contributed by atoms with Crippen LogP contribution in [0.25, 0.3) is 0 Å². The van der Waals surface area contributed by atoms with E-state index in [-0.39, 0.29) is 25.6 Å². The van der Waals surface area contributed by atoms with Crippen LogP contribution in [0.5, 0.6) is 5.75 Å². The predicted molar refractivity (Wildman–Crippen MR) is 65.7 cm³/mol. The number of benzene rings is 1. The van der Waals surface area contributed by atoms with Gasteiger partial charge in [0.25, 0.3) is 5.91 Å². The number of likely N-dealkylation sites (tertiary alicyclic amines) is 1. The largest absolute Gasteiger partial charge is 0.496 e. The third kappa shape index (κ3) is 2.07. The fourth-order valence-electron chi connectivity index (χ4n) is 2.15. The summed E-state index contributed by atoms with van der Waals surface area (Å²) in [6.07, 6.45) is 0. The maximum absolute atomic E-state index is 12.3. The predicted octanol–water partition coefficient (Wildman–Crippen LogP) is 0.183. The lowest BCUT2D eigenvalue weighted by molar-refractivity contribution is -0.109. The van der Waals surface area contributed by atoms with E-state index in [0.29, 0.717) is 11.3 Å². The molecule has 5 heteroatoms. The summed E-state index contributed by atoms with van der Waals surface area (Å²) >= 11 is 0. The number of carbonyl (C=O) groups is 1. The van der Waals surface area contributed by atoms with Crippen molar-refractivity contribution in [3.05, 3.63) is 29.3 Å². The minimum atomic E-state index is -1.15. The van der Waals surface area contributed by atoms with Crippen molar-refractivity contribution in [3.8, 4) is 5.75 Å². The number of β-amino-alcohol motifs (C(OH)–C–C–N with tert-alkyl or cyclic N) is 1. The zero-order valence-corrected chi connectivity index (χ0v) is 10.5.